The number of nitrogens with one attached hydrogen (secondary N) is 1. The Kier molecular flexibility index (Phi) is 4.80. The Morgan fingerprint density at radius 1 is 1.53 bits per heavy atom. The summed E-state index contributed by atoms with van der Waals surface area (Å²) >= 11 is 0. The topological polar surface area (TPSA) is 92.5 Å². The van der Waals surface area contributed by atoms with Gasteiger partial charge in [0.05, 0.1) is 17.4 Å². The van der Waals surface area contributed by atoms with Gasteiger partial charge in [-0.2, -0.15) is 0 Å². The van der Waals surface area contributed by atoms with E-state index in [4.69, 9.17) is 5.11 Å². The van der Waals surface area contributed by atoms with Crippen LogP contribution in [0.5, 0.6) is 0 Å². The minimum Gasteiger partial charge on any atom is -0.481 e. The van der Waals surface area contributed by atoms with Crippen LogP contribution in [0.4, 0.5) is 15.8 Å². The summed E-state index contributed by atoms with van der Waals surface area (Å²) in [5, 5.41) is 22.4. The monoisotopic (exact) mass is 270 g/mol. The maximum atomic E-state index is 13.0. The lowest BCUT2D eigenvalue weighted by atomic mass is 10.0. The van der Waals surface area contributed by atoms with Gasteiger partial charge in [-0.1, -0.05) is 13.8 Å². The molecule has 1 aromatic rings. The second kappa shape index (κ2) is 6.12. The van der Waals surface area contributed by atoms with E-state index in [-0.39, 0.29) is 18.0 Å². The van der Waals surface area contributed by atoms with Crippen molar-refractivity contribution in [1.82, 2.24) is 0 Å². The van der Waals surface area contributed by atoms with Crippen LogP contribution in [0, 0.1) is 21.8 Å². The lowest BCUT2D eigenvalue weighted by molar-refractivity contribution is -0.384. The van der Waals surface area contributed by atoms with Gasteiger partial charge in [0.25, 0.3) is 5.69 Å². The molecule has 0 aliphatic rings. The fraction of sp³-hybridized carbons (Fsp3) is 0.417. The van der Waals surface area contributed by atoms with Crippen LogP contribution in [0.15, 0.2) is 18.2 Å². The maximum absolute atomic E-state index is 13.0. The van der Waals surface area contributed by atoms with E-state index in [0.29, 0.717) is 0 Å². The van der Waals surface area contributed by atoms with Gasteiger partial charge in [-0.25, -0.2) is 4.39 Å². The van der Waals surface area contributed by atoms with Crippen LogP contribution in [0.1, 0.15) is 20.3 Å². The average molecular weight is 270 g/mol. The molecule has 0 heterocycles. The van der Waals surface area contributed by atoms with Crippen LogP contribution in [0.2, 0.25) is 0 Å². The van der Waals surface area contributed by atoms with E-state index >= 15 is 0 Å². The van der Waals surface area contributed by atoms with Gasteiger partial charge in [-0.15, -0.1) is 0 Å². The lowest BCUT2D eigenvalue weighted by Gasteiger charge is -2.21. The highest BCUT2D eigenvalue weighted by Crippen LogP contribution is 2.27. The quantitative estimate of drug-likeness (QED) is 0.612. The molecule has 1 atom stereocenters. The number of anilines is 1. The fourth-order valence-corrected chi connectivity index (χ4v) is 1.62. The van der Waals surface area contributed by atoms with Crippen molar-refractivity contribution in [1.29, 1.82) is 0 Å². The minimum absolute atomic E-state index is 0.0410. The second-order valence-corrected chi connectivity index (χ2v) is 4.51. The van der Waals surface area contributed by atoms with Gasteiger partial charge in [-0.3, -0.25) is 14.9 Å². The fourth-order valence-electron chi connectivity index (χ4n) is 1.62. The summed E-state index contributed by atoms with van der Waals surface area (Å²) in [6.07, 6.45) is -0.174. The SMILES string of the molecule is CC(C)C(CC(=O)O)Nc1ccc(F)cc1[N+](=O)[O-]. The molecule has 0 spiro atoms. The lowest BCUT2D eigenvalue weighted by Crippen LogP contribution is -2.28. The Hall–Kier alpha value is -2.18. The van der Waals surface area contributed by atoms with Crippen LogP contribution in [0.25, 0.3) is 0 Å². The van der Waals surface area contributed by atoms with E-state index in [1.165, 1.54) is 6.07 Å². The van der Waals surface area contributed by atoms with E-state index in [2.05, 4.69) is 5.32 Å². The number of hydrogen-bond donors (Lipinski definition) is 2. The highest BCUT2D eigenvalue weighted by atomic mass is 19.1. The zero-order chi connectivity index (χ0) is 14.6. The van der Waals surface area contributed by atoms with E-state index in [1.54, 1.807) is 13.8 Å². The molecular weight excluding hydrogens is 255 g/mol. The van der Waals surface area contributed by atoms with Crippen molar-refractivity contribution in [2.45, 2.75) is 26.3 Å². The smallest absolute Gasteiger partial charge is 0.305 e. The molecule has 0 aliphatic heterocycles. The Morgan fingerprint density at radius 3 is 2.63 bits per heavy atom. The van der Waals surface area contributed by atoms with Crippen LogP contribution in [-0.2, 0) is 4.79 Å². The van der Waals surface area contributed by atoms with Gasteiger partial charge in [0.1, 0.15) is 11.5 Å². The summed E-state index contributed by atoms with van der Waals surface area (Å²) in [6.45, 7) is 3.60. The first-order chi connectivity index (χ1) is 8.81. The number of carboxylic acids is 1. The van der Waals surface area contributed by atoms with Crippen molar-refractivity contribution in [3.63, 3.8) is 0 Å². The predicted octanol–water partition coefficient (Wildman–Crippen LogP) is 2.65. The Balaban J connectivity index is 3.02. The zero-order valence-electron chi connectivity index (χ0n) is 10.6. The molecule has 7 heteroatoms. The molecule has 0 radical (unpaired) electrons. The van der Waals surface area contributed by atoms with E-state index < -0.39 is 28.4 Å². The molecular formula is C12H15FN2O4. The molecule has 19 heavy (non-hydrogen) atoms. The van der Waals surface area contributed by atoms with Gasteiger partial charge in [0, 0.05) is 6.04 Å². The molecule has 0 fully saturated rings. The third kappa shape index (κ3) is 4.20. The number of carbonyl (C=O) groups is 1. The summed E-state index contributed by atoms with van der Waals surface area (Å²) in [5.41, 5.74) is -0.289. The predicted molar refractivity (Wildman–Crippen MR) is 67.6 cm³/mol. The Morgan fingerprint density at radius 2 is 2.16 bits per heavy atom. The molecule has 6 nitrogen and oxygen atoms in total. The summed E-state index contributed by atoms with van der Waals surface area (Å²) in [7, 11) is 0. The Labute approximate surface area is 109 Å². The van der Waals surface area contributed by atoms with Crippen molar-refractivity contribution in [2.75, 3.05) is 5.32 Å². The third-order valence-electron chi connectivity index (χ3n) is 2.70. The molecule has 0 amide bonds. The number of nitro groups is 1. The van der Waals surface area contributed by atoms with Crippen LogP contribution in [-0.4, -0.2) is 22.0 Å². The molecule has 0 saturated heterocycles. The highest BCUT2D eigenvalue weighted by molar-refractivity contribution is 5.69. The average Bonchev–Trinajstić information content (AvgIpc) is 2.29. The van der Waals surface area contributed by atoms with Crippen LogP contribution >= 0.6 is 0 Å². The first kappa shape index (κ1) is 14.9. The molecule has 104 valence electrons. The number of benzene rings is 1. The molecule has 1 rings (SSSR count). The van der Waals surface area contributed by atoms with Gasteiger partial charge >= 0.3 is 5.97 Å². The summed E-state index contributed by atoms with van der Waals surface area (Å²) in [6, 6.07) is 2.67. The summed E-state index contributed by atoms with van der Waals surface area (Å²) in [5.74, 6) is -1.76. The number of halogens is 1. The zero-order valence-corrected chi connectivity index (χ0v) is 10.6. The highest BCUT2D eigenvalue weighted by Gasteiger charge is 2.22. The van der Waals surface area contributed by atoms with Gasteiger partial charge < -0.3 is 10.4 Å². The molecule has 1 unspecified atom stereocenters. The first-order valence-corrected chi connectivity index (χ1v) is 5.73. The van der Waals surface area contributed by atoms with Crippen molar-refractivity contribution in [3.05, 3.63) is 34.1 Å². The number of aliphatic carboxylic acids is 1. The standard InChI is InChI=1S/C12H15FN2O4/c1-7(2)10(6-12(16)17)14-9-4-3-8(13)5-11(9)15(18)19/h3-5,7,10,14H,6H2,1-2H3,(H,16,17). The van der Waals surface area contributed by atoms with Gasteiger partial charge in [-0.05, 0) is 18.1 Å². The maximum Gasteiger partial charge on any atom is 0.305 e. The van der Waals surface area contributed by atoms with E-state index in [0.717, 1.165) is 12.1 Å². The number of nitro benzene ring substituents is 1. The van der Waals surface area contributed by atoms with E-state index in [9.17, 15) is 19.3 Å². The molecule has 0 saturated carbocycles. The normalized spacial score (nSPS) is 12.2. The number of rotatable bonds is 6. The van der Waals surface area contributed by atoms with Crippen LogP contribution < -0.4 is 5.32 Å². The number of carboxylic acid groups (broad SMARTS) is 1. The third-order valence-corrected chi connectivity index (χ3v) is 2.70. The summed E-state index contributed by atoms with van der Waals surface area (Å²) < 4.78 is 13.0. The van der Waals surface area contributed by atoms with Crippen molar-refractivity contribution < 1.29 is 19.2 Å². The number of nitrogens with zero attached hydrogens (tertiary/aromatic N) is 1. The molecule has 2 N–H and O–H groups in total. The Bertz CT molecular complexity index is 491. The second-order valence-electron chi connectivity index (χ2n) is 4.51. The van der Waals surface area contributed by atoms with Crippen LogP contribution in [0.3, 0.4) is 0 Å². The molecule has 1 aromatic carbocycles. The van der Waals surface area contributed by atoms with E-state index in [1.807, 2.05) is 0 Å². The molecule has 0 bridgehead atoms. The van der Waals surface area contributed by atoms with Gasteiger partial charge in [0.2, 0.25) is 0 Å². The summed E-state index contributed by atoms with van der Waals surface area (Å²) in [4.78, 5) is 20.9. The first-order valence-electron chi connectivity index (χ1n) is 5.73. The number of hydrogen-bond acceptors (Lipinski definition) is 4. The van der Waals surface area contributed by atoms with Crippen molar-refractivity contribution in [3.8, 4) is 0 Å². The minimum atomic E-state index is -1.00. The van der Waals surface area contributed by atoms with Gasteiger partial charge in [0.15, 0.2) is 0 Å². The van der Waals surface area contributed by atoms with Crippen molar-refractivity contribution >= 4 is 17.3 Å². The molecule has 0 aliphatic carbocycles. The largest absolute Gasteiger partial charge is 0.481 e. The van der Waals surface area contributed by atoms with Crippen molar-refractivity contribution in [2.24, 2.45) is 5.92 Å². The molecule has 0 aromatic heterocycles.